The molecular weight excluding hydrogens is 241 g/mol. The molecule has 0 N–H and O–H groups in total. The first kappa shape index (κ1) is 14.0. The lowest BCUT2D eigenvalue weighted by atomic mass is 9.86. The highest BCUT2D eigenvalue weighted by Crippen LogP contribution is 2.42. The number of benzene rings is 1. The maximum Gasteiger partial charge on any atom is 0.235 e. The first-order valence-electron chi connectivity index (χ1n) is 6.83. The van der Waals surface area contributed by atoms with Crippen LogP contribution >= 0.6 is 0 Å². The van der Waals surface area contributed by atoms with Gasteiger partial charge in [0.25, 0.3) is 0 Å². The SMILES string of the molecule is CC(C)(F)Cc1cccc(C2(N=C=O)CCCC2)c1. The Kier molecular flexibility index (Phi) is 3.86. The van der Waals surface area contributed by atoms with E-state index in [9.17, 15) is 9.18 Å². The molecular formula is C16H20FNO. The van der Waals surface area contributed by atoms with Gasteiger partial charge in [0.2, 0.25) is 6.08 Å². The highest BCUT2D eigenvalue weighted by Gasteiger charge is 2.35. The van der Waals surface area contributed by atoms with Gasteiger partial charge in [-0.25, -0.2) is 9.18 Å². The molecule has 102 valence electrons. The van der Waals surface area contributed by atoms with Crippen molar-refractivity contribution in [1.29, 1.82) is 0 Å². The van der Waals surface area contributed by atoms with Crippen LogP contribution < -0.4 is 0 Å². The Labute approximate surface area is 113 Å². The third-order valence-corrected chi connectivity index (χ3v) is 3.78. The first-order valence-corrected chi connectivity index (χ1v) is 6.83. The zero-order valence-corrected chi connectivity index (χ0v) is 11.6. The van der Waals surface area contributed by atoms with Crippen LogP contribution in [0.1, 0.15) is 50.7 Å². The Morgan fingerprint density at radius 3 is 2.63 bits per heavy atom. The molecule has 0 aliphatic heterocycles. The van der Waals surface area contributed by atoms with E-state index in [2.05, 4.69) is 4.99 Å². The molecule has 19 heavy (non-hydrogen) atoms. The standard InChI is InChI=1S/C16H20FNO/c1-15(2,17)11-13-6-5-7-14(10-13)16(18-12-19)8-3-4-9-16/h5-7,10H,3-4,8-9,11H2,1-2H3. The van der Waals surface area contributed by atoms with Gasteiger partial charge in [-0.15, -0.1) is 0 Å². The Balaban J connectivity index is 2.34. The Morgan fingerprint density at radius 1 is 1.37 bits per heavy atom. The number of aliphatic imine (C=N–C) groups is 1. The van der Waals surface area contributed by atoms with Gasteiger partial charge in [0.15, 0.2) is 0 Å². The molecule has 0 aromatic heterocycles. The molecule has 0 bridgehead atoms. The molecule has 0 heterocycles. The third kappa shape index (κ3) is 3.30. The van der Waals surface area contributed by atoms with E-state index in [1.54, 1.807) is 19.9 Å². The summed E-state index contributed by atoms with van der Waals surface area (Å²) < 4.78 is 13.7. The number of alkyl halides is 1. The second kappa shape index (κ2) is 5.26. The number of carbonyl (C=O) groups excluding carboxylic acids is 1. The average molecular weight is 261 g/mol. The van der Waals surface area contributed by atoms with Crippen LogP contribution in [0.25, 0.3) is 0 Å². The van der Waals surface area contributed by atoms with Gasteiger partial charge in [-0.1, -0.05) is 37.1 Å². The zero-order chi connectivity index (χ0) is 13.9. The Hall–Kier alpha value is -1.47. The molecule has 1 aliphatic carbocycles. The number of rotatable bonds is 4. The van der Waals surface area contributed by atoms with E-state index < -0.39 is 11.2 Å². The number of hydrogen-bond acceptors (Lipinski definition) is 2. The maximum atomic E-state index is 13.7. The first-order chi connectivity index (χ1) is 8.95. The normalized spacial score (nSPS) is 18.1. The summed E-state index contributed by atoms with van der Waals surface area (Å²) in [6.45, 7) is 3.16. The van der Waals surface area contributed by atoms with Crippen LogP contribution in [0.15, 0.2) is 29.3 Å². The van der Waals surface area contributed by atoms with E-state index >= 15 is 0 Å². The zero-order valence-electron chi connectivity index (χ0n) is 11.6. The molecule has 1 aromatic rings. The van der Waals surface area contributed by atoms with E-state index in [4.69, 9.17) is 0 Å². The van der Waals surface area contributed by atoms with Crippen molar-refractivity contribution < 1.29 is 9.18 Å². The second-order valence-electron chi connectivity index (χ2n) is 6.04. The van der Waals surface area contributed by atoms with Crippen LogP contribution in [0.4, 0.5) is 4.39 Å². The number of hydrogen-bond donors (Lipinski definition) is 0. The molecule has 1 aliphatic rings. The lowest BCUT2D eigenvalue weighted by Crippen LogP contribution is -2.20. The van der Waals surface area contributed by atoms with Gasteiger partial charge in [0, 0.05) is 6.42 Å². The smallest absolute Gasteiger partial charge is 0.235 e. The van der Waals surface area contributed by atoms with Crippen molar-refractivity contribution in [1.82, 2.24) is 0 Å². The van der Waals surface area contributed by atoms with Crippen molar-refractivity contribution in [2.24, 2.45) is 4.99 Å². The van der Waals surface area contributed by atoms with Crippen molar-refractivity contribution in [2.75, 3.05) is 0 Å². The molecule has 2 rings (SSSR count). The van der Waals surface area contributed by atoms with Crippen LogP contribution in [0.5, 0.6) is 0 Å². The predicted octanol–water partition coefficient (Wildman–Crippen LogP) is 4.08. The summed E-state index contributed by atoms with van der Waals surface area (Å²) in [5.41, 5.74) is 0.334. The average Bonchev–Trinajstić information content (AvgIpc) is 2.77. The van der Waals surface area contributed by atoms with Crippen LogP contribution in [-0.4, -0.2) is 11.7 Å². The van der Waals surface area contributed by atoms with Gasteiger partial charge >= 0.3 is 0 Å². The van der Waals surface area contributed by atoms with Gasteiger partial charge < -0.3 is 0 Å². The van der Waals surface area contributed by atoms with Crippen molar-refractivity contribution in [3.63, 3.8) is 0 Å². The summed E-state index contributed by atoms with van der Waals surface area (Å²) in [5.74, 6) is 0. The van der Waals surface area contributed by atoms with Crippen LogP contribution in [0.2, 0.25) is 0 Å². The Morgan fingerprint density at radius 2 is 2.05 bits per heavy atom. The fourth-order valence-corrected chi connectivity index (χ4v) is 2.97. The van der Waals surface area contributed by atoms with Crippen molar-refractivity contribution >= 4 is 6.08 Å². The van der Waals surface area contributed by atoms with E-state index in [0.29, 0.717) is 6.42 Å². The minimum Gasteiger partial charge on any atom is -0.244 e. The minimum atomic E-state index is -1.23. The summed E-state index contributed by atoms with van der Waals surface area (Å²) in [4.78, 5) is 14.8. The lowest BCUT2D eigenvalue weighted by Gasteiger charge is -2.24. The third-order valence-electron chi connectivity index (χ3n) is 3.78. The monoisotopic (exact) mass is 261 g/mol. The highest BCUT2D eigenvalue weighted by atomic mass is 19.1. The molecule has 0 radical (unpaired) electrons. The van der Waals surface area contributed by atoms with Crippen LogP contribution in [0, 0.1) is 0 Å². The molecule has 0 spiro atoms. The van der Waals surface area contributed by atoms with Crippen molar-refractivity contribution in [3.05, 3.63) is 35.4 Å². The van der Waals surface area contributed by atoms with E-state index in [1.807, 2.05) is 24.3 Å². The summed E-state index contributed by atoms with van der Waals surface area (Å²) in [6, 6.07) is 7.84. The lowest BCUT2D eigenvalue weighted by molar-refractivity contribution is 0.217. The van der Waals surface area contributed by atoms with Gasteiger partial charge in [0.1, 0.15) is 5.67 Å². The molecule has 0 saturated heterocycles. The van der Waals surface area contributed by atoms with Crippen LogP contribution in [-0.2, 0) is 16.8 Å². The van der Waals surface area contributed by atoms with Gasteiger partial charge in [-0.05, 0) is 37.8 Å². The minimum absolute atomic E-state index is 0.377. The predicted molar refractivity (Wildman–Crippen MR) is 73.6 cm³/mol. The molecule has 2 nitrogen and oxygen atoms in total. The second-order valence-corrected chi connectivity index (χ2v) is 6.04. The fourth-order valence-electron chi connectivity index (χ4n) is 2.97. The molecule has 1 fully saturated rings. The molecule has 1 saturated carbocycles. The number of nitrogens with zero attached hydrogens (tertiary/aromatic N) is 1. The van der Waals surface area contributed by atoms with E-state index in [1.165, 1.54) is 0 Å². The topological polar surface area (TPSA) is 29.4 Å². The molecule has 3 heteroatoms. The van der Waals surface area contributed by atoms with Crippen molar-refractivity contribution in [3.8, 4) is 0 Å². The van der Waals surface area contributed by atoms with E-state index in [-0.39, 0.29) is 0 Å². The van der Waals surface area contributed by atoms with Crippen LogP contribution in [0.3, 0.4) is 0 Å². The highest BCUT2D eigenvalue weighted by molar-refractivity contribution is 5.40. The fraction of sp³-hybridized carbons (Fsp3) is 0.562. The molecule has 0 amide bonds. The summed E-state index contributed by atoms with van der Waals surface area (Å²) in [7, 11) is 0. The largest absolute Gasteiger partial charge is 0.244 e. The molecule has 0 atom stereocenters. The Bertz CT molecular complexity index is 492. The summed E-state index contributed by atoms with van der Waals surface area (Å²) in [6.07, 6.45) is 6.00. The quantitative estimate of drug-likeness (QED) is 0.593. The van der Waals surface area contributed by atoms with Gasteiger partial charge in [-0.3, -0.25) is 0 Å². The maximum absolute atomic E-state index is 13.7. The van der Waals surface area contributed by atoms with Gasteiger partial charge in [-0.2, -0.15) is 4.99 Å². The molecule has 0 unspecified atom stereocenters. The molecule has 1 aromatic carbocycles. The summed E-state index contributed by atoms with van der Waals surface area (Å²) in [5, 5.41) is 0. The van der Waals surface area contributed by atoms with Crippen molar-refractivity contribution in [2.45, 2.75) is 57.2 Å². The van der Waals surface area contributed by atoms with E-state index in [0.717, 1.165) is 36.8 Å². The number of isocyanates is 1. The number of halogens is 1. The van der Waals surface area contributed by atoms with Gasteiger partial charge in [0.05, 0.1) is 5.54 Å². The summed E-state index contributed by atoms with van der Waals surface area (Å²) >= 11 is 0.